The Hall–Kier alpha value is -1.77. The molecule has 0 aliphatic carbocycles. The number of aliphatic imine (C=N–C) groups is 1. The molecule has 0 amide bonds. The maximum absolute atomic E-state index is 11.5. The minimum atomic E-state index is -0.202. The van der Waals surface area contributed by atoms with Crippen LogP contribution in [0.15, 0.2) is 35.5 Å². The van der Waals surface area contributed by atoms with Gasteiger partial charge in [-0.1, -0.05) is 18.2 Å². The quantitative estimate of drug-likeness (QED) is 0.258. The number of benzene rings is 1. The first-order valence-electron chi connectivity index (χ1n) is 8.29. The van der Waals surface area contributed by atoms with Gasteiger partial charge < -0.3 is 20.4 Å². The van der Waals surface area contributed by atoms with E-state index in [4.69, 9.17) is 4.74 Å². The first-order valence-corrected chi connectivity index (χ1v) is 8.29. The smallest absolute Gasteiger partial charge is 0.307 e. The number of rotatable bonds is 7. The average Bonchev–Trinajstić information content (AvgIpc) is 2.96. The van der Waals surface area contributed by atoms with Crippen molar-refractivity contribution in [2.45, 2.75) is 32.8 Å². The summed E-state index contributed by atoms with van der Waals surface area (Å²) in [5, 5.41) is 7.63. The van der Waals surface area contributed by atoms with Gasteiger partial charge in [0.25, 0.3) is 0 Å². The van der Waals surface area contributed by atoms with Gasteiger partial charge in [0.05, 0.1) is 12.5 Å². The Morgan fingerprint density at radius 2 is 1.96 bits per heavy atom. The van der Waals surface area contributed by atoms with Crippen LogP contribution < -0.4 is 10.6 Å². The number of nitrogens with one attached hydrogen (secondary N) is 3. The number of aromatic amines is 1. The molecule has 0 saturated carbocycles. The fourth-order valence-electron chi connectivity index (χ4n) is 2.48. The standard InChI is InChI=1S/C18H26N4O2.HI/c1-13(2)24-17(23)9-11-21-18(19-3)20-10-8-14-12-22-16-7-5-4-6-15(14)16;/h4-7,12-13,22H,8-11H2,1-3H3,(H2,19,20,21);1H. The fraction of sp³-hybridized carbons (Fsp3) is 0.444. The summed E-state index contributed by atoms with van der Waals surface area (Å²) < 4.78 is 5.09. The van der Waals surface area contributed by atoms with Gasteiger partial charge in [0.15, 0.2) is 5.96 Å². The van der Waals surface area contributed by atoms with E-state index in [-0.39, 0.29) is 36.0 Å². The van der Waals surface area contributed by atoms with Crippen LogP contribution in [0, 0.1) is 0 Å². The van der Waals surface area contributed by atoms with Gasteiger partial charge in [0.2, 0.25) is 0 Å². The van der Waals surface area contributed by atoms with Crippen molar-refractivity contribution in [1.82, 2.24) is 15.6 Å². The van der Waals surface area contributed by atoms with Gasteiger partial charge in [0, 0.05) is 37.2 Å². The molecule has 1 aromatic carbocycles. The molecule has 0 bridgehead atoms. The van der Waals surface area contributed by atoms with Crippen LogP contribution in [0.2, 0.25) is 0 Å². The molecule has 0 fully saturated rings. The average molecular weight is 458 g/mol. The van der Waals surface area contributed by atoms with Gasteiger partial charge in [-0.15, -0.1) is 24.0 Å². The van der Waals surface area contributed by atoms with Crippen molar-refractivity contribution in [2.75, 3.05) is 20.1 Å². The molecule has 1 heterocycles. The monoisotopic (exact) mass is 458 g/mol. The molecule has 2 aromatic rings. The Morgan fingerprint density at radius 3 is 2.68 bits per heavy atom. The molecule has 0 unspecified atom stereocenters. The zero-order valence-corrected chi connectivity index (χ0v) is 17.3. The third-order valence-corrected chi connectivity index (χ3v) is 3.57. The molecule has 7 heteroatoms. The maximum Gasteiger partial charge on any atom is 0.307 e. The van der Waals surface area contributed by atoms with Gasteiger partial charge in [-0.3, -0.25) is 9.79 Å². The lowest BCUT2D eigenvalue weighted by Gasteiger charge is -2.12. The summed E-state index contributed by atoms with van der Waals surface area (Å²) >= 11 is 0. The molecular formula is C18H27IN4O2. The Bertz CT molecular complexity index is 697. The van der Waals surface area contributed by atoms with Crippen LogP contribution in [0.5, 0.6) is 0 Å². The number of aromatic nitrogens is 1. The van der Waals surface area contributed by atoms with E-state index in [1.807, 2.05) is 32.2 Å². The first-order chi connectivity index (χ1) is 11.6. The summed E-state index contributed by atoms with van der Waals surface area (Å²) in [6.07, 6.45) is 3.18. The van der Waals surface area contributed by atoms with E-state index in [9.17, 15) is 4.79 Å². The summed E-state index contributed by atoms with van der Waals surface area (Å²) in [6, 6.07) is 8.26. The molecular weight excluding hydrogens is 431 g/mol. The molecule has 0 spiro atoms. The number of halogens is 1. The highest BCUT2D eigenvalue weighted by atomic mass is 127. The lowest BCUT2D eigenvalue weighted by Crippen LogP contribution is -2.39. The van der Waals surface area contributed by atoms with E-state index in [1.54, 1.807) is 7.05 Å². The summed E-state index contributed by atoms with van der Waals surface area (Å²) in [7, 11) is 1.72. The number of H-pyrrole nitrogens is 1. The summed E-state index contributed by atoms with van der Waals surface area (Å²) in [5.74, 6) is 0.485. The topological polar surface area (TPSA) is 78.5 Å². The summed E-state index contributed by atoms with van der Waals surface area (Å²) in [5.41, 5.74) is 2.42. The van der Waals surface area contributed by atoms with Crippen LogP contribution >= 0.6 is 24.0 Å². The van der Waals surface area contributed by atoms with Crippen LogP contribution in [-0.2, 0) is 16.0 Å². The minimum Gasteiger partial charge on any atom is -0.463 e. The molecule has 0 saturated heterocycles. The normalized spacial score (nSPS) is 11.3. The van der Waals surface area contributed by atoms with Crippen molar-refractivity contribution in [3.05, 3.63) is 36.0 Å². The summed E-state index contributed by atoms with van der Waals surface area (Å²) in [6.45, 7) is 4.95. The number of esters is 1. The Labute approximate surface area is 165 Å². The first kappa shape index (κ1) is 21.3. The predicted molar refractivity (Wildman–Crippen MR) is 113 cm³/mol. The van der Waals surface area contributed by atoms with Crippen molar-refractivity contribution >= 4 is 46.8 Å². The fourth-order valence-corrected chi connectivity index (χ4v) is 2.48. The van der Waals surface area contributed by atoms with Gasteiger partial charge in [-0.05, 0) is 31.9 Å². The zero-order valence-electron chi connectivity index (χ0n) is 15.0. The van der Waals surface area contributed by atoms with Crippen LogP contribution in [0.3, 0.4) is 0 Å². The Morgan fingerprint density at radius 1 is 1.24 bits per heavy atom. The van der Waals surface area contributed by atoms with Gasteiger partial charge in [-0.25, -0.2) is 0 Å². The molecule has 1 aromatic heterocycles. The van der Waals surface area contributed by atoms with Gasteiger partial charge >= 0.3 is 5.97 Å². The SMILES string of the molecule is CN=C(NCCC(=O)OC(C)C)NCCc1c[nH]c2ccccc12.I. The second-order valence-electron chi connectivity index (χ2n) is 5.82. The molecule has 25 heavy (non-hydrogen) atoms. The number of fused-ring (bicyclic) bond motifs is 1. The molecule has 0 aliphatic heterocycles. The van der Waals surface area contributed by atoms with Crippen LogP contribution in [0.25, 0.3) is 10.9 Å². The number of guanidine groups is 1. The minimum absolute atomic E-state index is 0. The molecule has 0 aliphatic rings. The van der Waals surface area contributed by atoms with E-state index < -0.39 is 0 Å². The van der Waals surface area contributed by atoms with E-state index in [1.165, 1.54) is 10.9 Å². The van der Waals surface area contributed by atoms with Gasteiger partial charge in [0.1, 0.15) is 0 Å². The molecule has 138 valence electrons. The highest BCUT2D eigenvalue weighted by Crippen LogP contribution is 2.17. The van der Waals surface area contributed by atoms with Crippen LogP contribution in [0.1, 0.15) is 25.8 Å². The Kier molecular flexibility index (Phi) is 9.33. The highest BCUT2D eigenvalue weighted by Gasteiger charge is 2.06. The number of nitrogens with zero attached hydrogens (tertiary/aromatic N) is 1. The molecule has 0 atom stereocenters. The number of ether oxygens (including phenoxy) is 1. The predicted octanol–water partition coefficient (Wildman–Crippen LogP) is 2.84. The van der Waals surface area contributed by atoms with E-state index >= 15 is 0 Å². The lowest BCUT2D eigenvalue weighted by atomic mass is 10.1. The number of para-hydroxylation sites is 1. The lowest BCUT2D eigenvalue weighted by molar-refractivity contribution is -0.147. The van der Waals surface area contributed by atoms with Gasteiger partial charge in [-0.2, -0.15) is 0 Å². The van der Waals surface area contributed by atoms with Crippen LogP contribution in [-0.4, -0.2) is 43.2 Å². The molecule has 3 N–H and O–H groups in total. The van der Waals surface area contributed by atoms with Crippen LogP contribution in [0.4, 0.5) is 0 Å². The molecule has 0 radical (unpaired) electrons. The third-order valence-electron chi connectivity index (χ3n) is 3.57. The number of carbonyl (C=O) groups excluding carboxylic acids is 1. The van der Waals surface area contributed by atoms with Crippen molar-refractivity contribution in [2.24, 2.45) is 4.99 Å². The van der Waals surface area contributed by atoms with E-state index in [2.05, 4.69) is 32.7 Å². The molecule has 2 rings (SSSR count). The van der Waals surface area contributed by atoms with Crippen molar-refractivity contribution < 1.29 is 9.53 Å². The largest absolute Gasteiger partial charge is 0.463 e. The van der Waals surface area contributed by atoms with Crippen molar-refractivity contribution in [3.8, 4) is 0 Å². The second kappa shape index (κ2) is 11.0. The summed E-state index contributed by atoms with van der Waals surface area (Å²) in [4.78, 5) is 18.9. The highest BCUT2D eigenvalue weighted by molar-refractivity contribution is 14.0. The van der Waals surface area contributed by atoms with E-state index in [0.717, 1.165) is 18.5 Å². The second-order valence-corrected chi connectivity index (χ2v) is 5.82. The third kappa shape index (κ3) is 6.93. The maximum atomic E-state index is 11.5. The zero-order chi connectivity index (χ0) is 17.4. The van der Waals surface area contributed by atoms with E-state index in [0.29, 0.717) is 18.9 Å². The van der Waals surface area contributed by atoms with Crippen molar-refractivity contribution in [3.63, 3.8) is 0 Å². The number of carbonyl (C=O) groups is 1. The number of hydrogen-bond acceptors (Lipinski definition) is 3. The number of hydrogen-bond donors (Lipinski definition) is 3. The molecule has 6 nitrogen and oxygen atoms in total. The Balaban J connectivity index is 0.00000312. The van der Waals surface area contributed by atoms with Crippen molar-refractivity contribution in [1.29, 1.82) is 0 Å².